The average molecular weight is 491 g/mol. The van der Waals surface area contributed by atoms with Gasteiger partial charge in [-0.05, 0) is 98.2 Å². The fraction of sp³-hybridized carbons (Fsp3) is 0.897. The van der Waals surface area contributed by atoms with Gasteiger partial charge in [-0.2, -0.15) is 0 Å². The van der Waals surface area contributed by atoms with Crippen molar-refractivity contribution in [1.82, 2.24) is 0 Å². The topological polar surface area (TPSA) is 78.9 Å². The minimum atomic E-state index is -0.199. The zero-order valence-electron chi connectivity index (χ0n) is 22.6. The lowest BCUT2D eigenvalue weighted by Crippen LogP contribution is -2.59. The summed E-state index contributed by atoms with van der Waals surface area (Å²) in [5, 5.41) is 0. The highest BCUT2D eigenvalue weighted by molar-refractivity contribution is 5.69. The minimum Gasteiger partial charge on any atom is -0.469 e. The van der Waals surface area contributed by atoms with Gasteiger partial charge in [0.2, 0.25) is 0 Å². The second-order valence-electron chi connectivity index (χ2n) is 12.7. The predicted octanol–water partition coefficient (Wildman–Crippen LogP) is 5.71. The zero-order chi connectivity index (χ0) is 25.5. The molecule has 0 spiro atoms. The van der Waals surface area contributed by atoms with Crippen LogP contribution in [0, 0.1) is 46.3 Å². The Hall–Kier alpha value is -1.59. The number of fused-ring (bicyclic) bond motifs is 5. The molecule has 4 fully saturated rings. The zero-order valence-corrected chi connectivity index (χ0v) is 22.6. The standard InChI is InChI=1S/C29H46O6/c1-17(7-10-26(32)33-6)22-8-9-23-27-24(12-14-29(22,23)5)28(4)13-11-21(34-18(2)30)15-20(28)16-25(27)35-19(3)31/h17,20-25,27H,7-16H2,1-6H3/t17-,20?,21+,22?,23?,24?,25?,27?,28+,29-/m1/s1. The van der Waals surface area contributed by atoms with Gasteiger partial charge < -0.3 is 14.2 Å². The van der Waals surface area contributed by atoms with E-state index in [-0.39, 0.29) is 40.9 Å². The van der Waals surface area contributed by atoms with Gasteiger partial charge in [0.25, 0.3) is 0 Å². The van der Waals surface area contributed by atoms with Crippen molar-refractivity contribution in [3.63, 3.8) is 0 Å². The maximum absolute atomic E-state index is 12.2. The average Bonchev–Trinajstić information content (AvgIpc) is 3.14. The molecule has 4 saturated carbocycles. The normalized spacial score (nSPS) is 43.2. The van der Waals surface area contributed by atoms with Gasteiger partial charge in [-0.3, -0.25) is 14.4 Å². The van der Waals surface area contributed by atoms with Gasteiger partial charge in [-0.1, -0.05) is 20.8 Å². The molecule has 0 radical (unpaired) electrons. The van der Waals surface area contributed by atoms with Crippen LogP contribution < -0.4 is 0 Å². The Morgan fingerprint density at radius 3 is 2.20 bits per heavy atom. The van der Waals surface area contributed by atoms with Crippen molar-refractivity contribution in [3.8, 4) is 0 Å². The monoisotopic (exact) mass is 490 g/mol. The van der Waals surface area contributed by atoms with E-state index >= 15 is 0 Å². The molecule has 0 aromatic rings. The first-order valence-corrected chi connectivity index (χ1v) is 13.9. The van der Waals surface area contributed by atoms with Crippen LogP contribution in [0.15, 0.2) is 0 Å². The number of hydrogen-bond donors (Lipinski definition) is 0. The van der Waals surface area contributed by atoms with Crippen molar-refractivity contribution in [2.45, 2.75) is 111 Å². The number of esters is 3. The summed E-state index contributed by atoms with van der Waals surface area (Å²) in [5.41, 5.74) is 0.418. The first-order valence-electron chi connectivity index (χ1n) is 13.9. The Morgan fingerprint density at radius 1 is 0.886 bits per heavy atom. The highest BCUT2D eigenvalue weighted by Gasteiger charge is 2.63. The summed E-state index contributed by atoms with van der Waals surface area (Å²) in [6.07, 6.45) is 9.80. The first kappa shape index (κ1) is 26.5. The molecule has 0 saturated heterocycles. The molecule has 6 unspecified atom stereocenters. The molecule has 0 aromatic heterocycles. The van der Waals surface area contributed by atoms with Crippen molar-refractivity contribution in [2.75, 3.05) is 7.11 Å². The second kappa shape index (κ2) is 10.0. The lowest BCUT2D eigenvalue weighted by atomic mass is 9.43. The van der Waals surface area contributed by atoms with Gasteiger partial charge >= 0.3 is 17.9 Å². The smallest absolute Gasteiger partial charge is 0.305 e. The van der Waals surface area contributed by atoms with E-state index in [0.717, 1.165) is 32.1 Å². The summed E-state index contributed by atoms with van der Waals surface area (Å²) < 4.78 is 16.6. The lowest BCUT2D eigenvalue weighted by molar-refractivity contribution is -0.197. The first-order chi connectivity index (χ1) is 16.5. The van der Waals surface area contributed by atoms with Gasteiger partial charge in [0.15, 0.2) is 0 Å². The molecule has 0 aliphatic heterocycles. The van der Waals surface area contributed by atoms with Crippen LogP contribution in [0.4, 0.5) is 0 Å². The molecule has 4 rings (SSSR count). The van der Waals surface area contributed by atoms with Crippen LogP contribution in [0.5, 0.6) is 0 Å². The van der Waals surface area contributed by atoms with Gasteiger partial charge in [0.1, 0.15) is 12.2 Å². The molecule has 6 nitrogen and oxygen atoms in total. The molecule has 6 heteroatoms. The number of carbonyl (C=O) groups is 3. The SMILES string of the molecule is COC(=O)CC[C@@H](C)C1CCC2C3C(OC(C)=O)CC4C[C@@H](OC(C)=O)CC[C@]4(C)C3CC[C@@]21C. The minimum absolute atomic E-state index is 0.0134. The molecule has 4 aliphatic carbocycles. The summed E-state index contributed by atoms with van der Waals surface area (Å²) in [6.45, 7) is 10.3. The fourth-order valence-corrected chi connectivity index (χ4v) is 9.46. The van der Waals surface area contributed by atoms with E-state index in [4.69, 9.17) is 14.2 Å². The van der Waals surface area contributed by atoms with Crippen molar-refractivity contribution in [1.29, 1.82) is 0 Å². The van der Waals surface area contributed by atoms with Crippen LogP contribution >= 0.6 is 0 Å². The number of rotatable bonds is 6. The van der Waals surface area contributed by atoms with Crippen LogP contribution in [0.2, 0.25) is 0 Å². The number of ether oxygens (including phenoxy) is 3. The summed E-state index contributed by atoms with van der Waals surface area (Å²) in [4.78, 5) is 35.6. The molecule has 0 bridgehead atoms. The predicted molar refractivity (Wildman–Crippen MR) is 132 cm³/mol. The molecule has 0 aromatic carbocycles. The summed E-state index contributed by atoms with van der Waals surface area (Å²) in [7, 11) is 1.47. The van der Waals surface area contributed by atoms with E-state index in [1.165, 1.54) is 39.7 Å². The quantitative estimate of drug-likeness (QED) is 0.351. The molecule has 0 amide bonds. The highest BCUT2D eigenvalue weighted by atomic mass is 16.5. The van der Waals surface area contributed by atoms with E-state index in [1.54, 1.807) is 6.92 Å². The van der Waals surface area contributed by atoms with Crippen LogP contribution in [-0.2, 0) is 28.6 Å². The molecule has 0 heterocycles. The number of methoxy groups -OCH3 is 1. The van der Waals surface area contributed by atoms with Gasteiger partial charge in [-0.25, -0.2) is 0 Å². The number of carbonyl (C=O) groups excluding carboxylic acids is 3. The van der Waals surface area contributed by atoms with Crippen molar-refractivity contribution < 1.29 is 28.6 Å². The van der Waals surface area contributed by atoms with Crippen molar-refractivity contribution >= 4 is 17.9 Å². The molecule has 35 heavy (non-hydrogen) atoms. The Kier molecular flexibility index (Phi) is 7.60. The van der Waals surface area contributed by atoms with Gasteiger partial charge in [0.05, 0.1) is 7.11 Å². The Morgan fingerprint density at radius 2 is 1.54 bits per heavy atom. The largest absolute Gasteiger partial charge is 0.469 e. The molecule has 198 valence electrons. The van der Waals surface area contributed by atoms with Gasteiger partial charge in [-0.15, -0.1) is 0 Å². The Bertz CT molecular complexity index is 824. The van der Waals surface area contributed by atoms with E-state index in [0.29, 0.717) is 41.9 Å². The van der Waals surface area contributed by atoms with Crippen molar-refractivity contribution in [3.05, 3.63) is 0 Å². The van der Waals surface area contributed by atoms with Crippen molar-refractivity contribution in [2.24, 2.45) is 46.3 Å². The highest BCUT2D eigenvalue weighted by Crippen LogP contribution is 2.68. The lowest BCUT2D eigenvalue weighted by Gasteiger charge is -2.62. The van der Waals surface area contributed by atoms with Gasteiger partial charge in [0, 0.05) is 26.2 Å². The second-order valence-corrected chi connectivity index (χ2v) is 12.7. The van der Waals surface area contributed by atoms with E-state index in [2.05, 4.69) is 20.8 Å². The van der Waals surface area contributed by atoms with Crippen LogP contribution in [0.3, 0.4) is 0 Å². The van der Waals surface area contributed by atoms with Crippen LogP contribution in [-0.4, -0.2) is 37.2 Å². The molecule has 0 N–H and O–H groups in total. The third-order valence-corrected chi connectivity index (χ3v) is 11.1. The molecular weight excluding hydrogens is 444 g/mol. The third kappa shape index (κ3) is 4.87. The summed E-state index contributed by atoms with van der Waals surface area (Å²) in [6, 6.07) is 0. The molecular formula is C29H46O6. The van der Waals surface area contributed by atoms with E-state index in [9.17, 15) is 14.4 Å². The Balaban J connectivity index is 1.57. The molecule has 10 atom stereocenters. The number of hydrogen-bond acceptors (Lipinski definition) is 6. The van der Waals surface area contributed by atoms with E-state index in [1.807, 2.05) is 0 Å². The van der Waals surface area contributed by atoms with Crippen LogP contribution in [0.25, 0.3) is 0 Å². The summed E-state index contributed by atoms with van der Waals surface area (Å²) >= 11 is 0. The maximum atomic E-state index is 12.2. The summed E-state index contributed by atoms with van der Waals surface area (Å²) in [5.74, 6) is 2.43. The van der Waals surface area contributed by atoms with E-state index < -0.39 is 0 Å². The van der Waals surface area contributed by atoms with Crippen LogP contribution in [0.1, 0.15) is 98.8 Å². The third-order valence-electron chi connectivity index (χ3n) is 11.1. The fourth-order valence-electron chi connectivity index (χ4n) is 9.46. The molecule has 4 aliphatic rings. The maximum Gasteiger partial charge on any atom is 0.305 e. The Labute approximate surface area is 211 Å².